The van der Waals surface area contributed by atoms with Crippen molar-refractivity contribution in [1.29, 1.82) is 0 Å². The lowest BCUT2D eigenvalue weighted by atomic mass is 9.98. The molecule has 2 aromatic rings. The Morgan fingerprint density at radius 2 is 1.59 bits per heavy atom. The van der Waals surface area contributed by atoms with Crippen LogP contribution in [0.1, 0.15) is 24.0 Å². The van der Waals surface area contributed by atoms with Gasteiger partial charge in [0.25, 0.3) is 5.91 Å². The SMILES string of the molecule is CC(NC(=O)OCC1c2ccccc2-c2ccccc21)(C(=O)NCCSCC(=O)O)C(F)(F)F. The third-order valence-corrected chi connectivity index (χ3v) is 6.42. The van der Waals surface area contributed by atoms with Crippen LogP contribution in [0.3, 0.4) is 0 Å². The second kappa shape index (κ2) is 10.4. The number of alkyl halides is 3. The van der Waals surface area contributed by atoms with Crippen molar-refractivity contribution < 1.29 is 37.4 Å². The Morgan fingerprint density at radius 1 is 1.03 bits per heavy atom. The van der Waals surface area contributed by atoms with Crippen LogP contribution in [0.5, 0.6) is 0 Å². The number of rotatable bonds is 9. The zero-order valence-corrected chi connectivity index (χ0v) is 19.0. The van der Waals surface area contributed by atoms with Crippen molar-refractivity contribution in [3.05, 3.63) is 59.7 Å². The molecular formula is C23H23F3N2O5S. The molecule has 2 amide bonds. The second-order valence-electron chi connectivity index (χ2n) is 7.78. The van der Waals surface area contributed by atoms with Crippen molar-refractivity contribution in [2.45, 2.75) is 24.6 Å². The number of carboxylic acid groups (broad SMARTS) is 1. The fraction of sp³-hybridized carbons (Fsp3) is 0.348. The highest BCUT2D eigenvalue weighted by Crippen LogP contribution is 2.44. The van der Waals surface area contributed by atoms with Crippen molar-refractivity contribution in [3.63, 3.8) is 0 Å². The Kier molecular flexibility index (Phi) is 7.75. The molecule has 0 fully saturated rings. The number of alkyl carbamates (subject to hydrolysis) is 1. The van der Waals surface area contributed by atoms with Crippen molar-refractivity contribution >= 4 is 29.7 Å². The lowest BCUT2D eigenvalue weighted by Gasteiger charge is -2.31. The van der Waals surface area contributed by atoms with Crippen LogP contribution >= 0.6 is 11.8 Å². The van der Waals surface area contributed by atoms with E-state index < -0.39 is 29.7 Å². The molecule has 1 unspecified atom stereocenters. The van der Waals surface area contributed by atoms with Gasteiger partial charge in [0.15, 0.2) is 0 Å². The second-order valence-corrected chi connectivity index (χ2v) is 8.88. The standard InChI is InChI=1S/C23H23F3N2O5S/c1-22(23(24,25)26,20(31)27-10-11-34-13-19(29)30)28-21(32)33-12-18-16-8-4-2-6-14(16)15-7-3-5-9-17(15)18/h2-9,18H,10-13H2,1H3,(H,27,31)(H,28,32)(H,29,30). The summed E-state index contributed by atoms with van der Waals surface area (Å²) < 4.78 is 46.3. The fourth-order valence-corrected chi connectivity index (χ4v) is 4.23. The minimum Gasteiger partial charge on any atom is -0.481 e. The van der Waals surface area contributed by atoms with Gasteiger partial charge >= 0.3 is 18.2 Å². The normalized spacial score (nSPS) is 14.5. The largest absolute Gasteiger partial charge is 0.481 e. The molecule has 3 rings (SSSR count). The van der Waals surface area contributed by atoms with E-state index in [2.05, 4.69) is 5.32 Å². The molecule has 0 heterocycles. The van der Waals surface area contributed by atoms with E-state index in [1.807, 2.05) is 48.5 Å². The Bertz CT molecular complexity index is 1030. The molecule has 3 N–H and O–H groups in total. The number of fused-ring (bicyclic) bond motifs is 3. The molecule has 1 aliphatic rings. The molecule has 11 heteroatoms. The predicted molar refractivity (Wildman–Crippen MR) is 121 cm³/mol. The van der Waals surface area contributed by atoms with Crippen molar-refractivity contribution in [2.75, 3.05) is 24.7 Å². The van der Waals surface area contributed by atoms with E-state index >= 15 is 0 Å². The number of benzene rings is 2. The summed E-state index contributed by atoms with van der Waals surface area (Å²) in [6.45, 7) is 0.143. The molecule has 0 radical (unpaired) electrons. The lowest BCUT2D eigenvalue weighted by molar-refractivity contribution is -0.194. The zero-order valence-electron chi connectivity index (χ0n) is 18.1. The van der Waals surface area contributed by atoms with Crippen LogP contribution in [0.4, 0.5) is 18.0 Å². The maximum atomic E-state index is 13.7. The first-order chi connectivity index (χ1) is 16.0. The Morgan fingerprint density at radius 3 is 2.12 bits per heavy atom. The highest BCUT2D eigenvalue weighted by atomic mass is 32.2. The summed E-state index contributed by atoms with van der Waals surface area (Å²) in [5.41, 5.74) is 0.491. The molecule has 182 valence electrons. The smallest absolute Gasteiger partial charge is 0.420 e. The van der Waals surface area contributed by atoms with Crippen LogP contribution in [0.2, 0.25) is 0 Å². The minimum absolute atomic E-state index is 0.0942. The number of aliphatic carboxylic acids is 1. The first-order valence-corrected chi connectivity index (χ1v) is 11.5. The number of carbonyl (C=O) groups is 3. The minimum atomic E-state index is -5.10. The van der Waals surface area contributed by atoms with Crippen molar-refractivity contribution in [3.8, 4) is 11.1 Å². The highest BCUT2D eigenvalue weighted by Gasteiger charge is 2.58. The quantitative estimate of drug-likeness (QED) is 0.457. The summed E-state index contributed by atoms with van der Waals surface area (Å²) >= 11 is 0.939. The van der Waals surface area contributed by atoms with E-state index in [-0.39, 0.29) is 30.6 Å². The van der Waals surface area contributed by atoms with E-state index in [9.17, 15) is 27.6 Å². The number of thioether (sulfide) groups is 1. The molecular weight excluding hydrogens is 473 g/mol. The van der Waals surface area contributed by atoms with Gasteiger partial charge in [0.2, 0.25) is 5.54 Å². The first-order valence-electron chi connectivity index (χ1n) is 10.3. The molecule has 0 saturated carbocycles. The average molecular weight is 497 g/mol. The summed E-state index contributed by atoms with van der Waals surface area (Å²) in [5, 5.41) is 12.3. The van der Waals surface area contributed by atoms with Crippen LogP contribution in [-0.2, 0) is 14.3 Å². The van der Waals surface area contributed by atoms with Crippen molar-refractivity contribution in [1.82, 2.24) is 10.6 Å². The molecule has 0 bridgehead atoms. The van der Waals surface area contributed by atoms with Gasteiger partial charge in [0.05, 0.1) is 5.75 Å². The lowest BCUT2D eigenvalue weighted by Crippen LogP contribution is -2.65. The van der Waals surface area contributed by atoms with Crippen LogP contribution in [0.15, 0.2) is 48.5 Å². The number of carboxylic acids is 1. The molecule has 0 saturated heterocycles. The Labute approximate surface area is 198 Å². The molecule has 0 spiro atoms. The molecule has 34 heavy (non-hydrogen) atoms. The number of carbonyl (C=O) groups excluding carboxylic acids is 2. The summed E-state index contributed by atoms with van der Waals surface area (Å²) in [4.78, 5) is 35.1. The van der Waals surface area contributed by atoms with Crippen LogP contribution in [0.25, 0.3) is 11.1 Å². The molecule has 0 aromatic heterocycles. The van der Waals surface area contributed by atoms with E-state index in [0.29, 0.717) is 6.92 Å². The van der Waals surface area contributed by atoms with Gasteiger partial charge < -0.3 is 15.2 Å². The fourth-order valence-electron chi connectivity index (χ4n) is 3.67. The van der Waals surface area contributed by atoms with Gasteiger partial charge in [-0.2, -0.15) is 13.2 Å². The number of halogens is 3. The predicted octanol–water partition coefficient (Wildman–Crippen LogP) is 3.78. The summed E-state index contributed by atoms with van der Waals surface area (Å²) in [6.07, 6.45) is -6.48. The van der Waals surface area contributed by atoms with E-state index in [1.54, 1.807) is 5.32 Å². The topological polar surface area (TPSA) is 105 Å². The maximum Gasteiger partial charge on any atom is 0.420 e. The maximum absolute atomic E-state index is 13.7. The summed E-state index contributed by atoms with van der Waals surface area (Å²) in [5.74, 6) is -3.05. The number of hydrogen-bond acceptors (Lipinski definition) is 5. The monoisotopic (exact) mass is 496 g/mol. The number of ether oxygens (including phenoxy) is 1. The van der Waals surface area contributed by atoms with Gasteiger partial charge in [-0.1, -0.05) is 48.5 Å². The van der Waals surface area contributed by atoms with Gasteiger partial charge in [-0.05, 0) is 29.2 Å². The molecule has 1 atom stereocenters. The van der Waals surface area contributed by atoms with Gasteiger partial charge in [-0.25, -0.2) is 4.79 Å². The van der Waals surface area contributed by atoms with Crippen LogP contribution < -0.4 is 10.6 Å². The van der Waals surface area contributed by atoms with E-state index in [0.717, 1.165) is 34.0 Å². The van der Waals surface area contributed by atoms with Crippen molar-refractivity contribution in [2.24, 2.45) is 0 Å². The molecule has 1 aliphatic carbocycles. The molecule has 7 nitrogen and oxygen atoms in total. The van der Waals surface area contributed by atoms with Gasteiger partial charge in [0.1, 0.15) is 6.61 Å². The zero-order chi connectivity index (χ0) is 24.9. The third-order valence-electron chi connectivity index (χ3n) is 5.47. The summed E-state index contributed by atoms with van der Waals surface area (Å²) in [6, 6.07) is 15.0. The van der Waals surface area contributed by atoms with E-state index in [1.165, 1.54) is 0 Å². The first kappa shape index (κ1) is 25.4. The number of amides is 2. The van der Waals surface area contributed by atoms with Crippen LogP contribution in [-0.4, -0.2) is 59.4 Å². The van der Waals surface area contributed by atoms with Gasteiger partial charge in [0, 0.05) is 18.2 Å². The Hall–Kier alpha value is -3.21. The number of nitrogens with one attached hydrogen (secondary N) is 2. The van der Waals surface area contributed by atoms with Gasteiger partial charge in [-0.3, -0.25) is 14.9 Å². The number of hydrogen-bond donors (Lipinski definition) is 3. The Balaban J connectivity index is 1.64. The van der Waals surface area contributed by atoms with Gasteiger partial charge in [-0.15, -0.1) is 11.8 Å². The highest BCUT2D eigenvalue weighted by molar-refractivity contribution is 7.99. The molecule has 0 aliphatic heterocycles. The summed E-state index contributed by atoms with van der Waals surface area (Å²) in [7, 11) is 0. The molecule has 2 aromatic carbocycles. The van der Waals surface area contributed by atoms with Crippen LogP contribution in [0, 0.1) is 0 Å². The third kappa shape index (κ3) is 5.46. The van der Waals surface area contributed by atoms with E-state index in [4.69, 9.17) is 9.84 Å². The average Bonchev–Trinajstić information content (AvgIpc) is 3.10.